The molecule has 0 spiro atoms. The third-order valence-electron chi connectivity index (χ3n) is 3.80. The number of nitrogens with zero attached hydrogens (tertiary/aromatic N) is 2. The largest absolute Gasteiger partial charge is 0.467 e. The van der Waals surface area contributed by atoms with Gasteiger partial charge in [-0.15, -0.1) is 0 Å². The Bertz CT molecular complexity index is 626. The smallest absolute Gasteiger partial charge is 0.331 e. The minimum Gasteiger partial charge on any atom is -0.467 e. The van der Waals surface area contributed by atoms with Crippen molar-refractivity contribution in [2.24, 2.45) is 10.7 Å². The second kappa shape index (κ2) is 4.53. The van der Waals surface area contributed by atoms with Crippen molar-refractivity contribution in [1.82, 2.24) is 4.90 Å². The second-order valence-electron chi connectivity index (χ2n) is 4.94. The van der Waals surface area contributed by atoms with Crippen molar-refractivity contribution in [2.75, 3.05) is 7.11 Å². The molecule has 1 aliphatic heterocycles. The highest BCUT2D eigenvalue weighted by molar-refractivity contribution is 6.42. The van der Waals surface area contributed by atoms with E-state index in [1.807, 2.05) is 0 Å². The van der Waals surface area contributed by atoms with Gasteiger partial charge in [-0.25, -0.2) is 9.79 Å². The molecule has 5 nitrogen and oxygen atoms in total. The highest BCUT2D eigenvalue weighted by atomic mass is 35.5. The molecular weight excluding hydrogens is 301 g/mol. The lowest BCUT2D eigenvalue weighted by Crippen LogP contribution is -2.51. The third-order valence-corrected chi connectivity index (χ3v) is 4.65. The quantitative estimate of drug-likeness (QED) is 0.852. The van der Waals surface area contributed by atoms with Crippen molar-refractivity contribution in [3.05, 3.63) is 27.7 Å². The van der Waals surface area contributed by atoms with Crippen LogP contribution in [0.5, 0.6) is 0 Å². The molecule has 2 aliphatic rings. The fourth-order valence-electron chi connectivity index (χ4n) is 2.52. The predicted molar refractivity (Wildman–Crippen MR) is 77.3 cm³/mol. The topological polar surface area (TPSA) is 67.9 Å². The van der Waals surface area contributed by atoms with Crippen LogP contribution in [0.25, 0.3) is 0 Å². The lowest BCUT2D eigenvalue weighted by molar-refractivity contribution is -0.147. The molecule has 1 fully saturated rings. The normalized spacial score (nSPS) is 19.1. The number of fused-ring (bicyclic) bond motifs is 1. The zero-order valence-corrected chi connectivity index (χ0v) is 12.3. The van der Waals surface area contributed by atoms with E-state index in [-0.39, 0.29) is 5.97 Å². The SMILES string of the molecule is COC(=O)C1(N2Cc3c(ccc(Cl)c3Cl)N=C2N)CC1. The summed E-state index contributed by atoms with van der Waals surface area (Å²) in [7, 11) is 1.37. The molecule has 1 aromatic carbocycles. The van der Waals surface area contributed by atoms with E-state index in [9.17, 15) is 4.79 Å². The summed E-state index contributed by atoms with van der Waals surface area (Å²) in [5.41, 5.74) is 6.76. The summed E-state index contributed by atoms with van der Waals surface area (Å²) in [6.45, 7) is 0.402. The van der Waals surface area contributed by atoms with E-state index in [0.29, 0.717) is 41.1 Å². The van der Waals surface area contributed by atoms with Gasteiger partial charge in [0.05, 0.1) is 29.4 Å². The molecule has 1 aromatic rings. The van der Waals surface area contributed by atoms with Crippen LogP contribution in [0, 0.1) is 0 Å². The molecular formula is C13H13Cl2N3O2. The molecule has 20 heavy (non-hydrogen) atoms. The summed E-state index contributed by atoms with van der Waals surface area (Å²) in [4.78, 5) is 18.0. The van der Waals surface area contributed by atoms with Crippen LogP contribution in [0.4, 0.5) is 5.69 Å². The average Bonchev–Trinajstić information content (AvgIpc) is 3.23. The predicted octanol–water partition coefficient (Wildman–Crippen LogP) is 2.46. The van der Waals surface area contributed by atoms with E-state index in [2.05, 4.69) is 4.99 Å². The van der Waals surface area contributed by atoms with E-state index < -0.39 is 5.54 Å². The Labute approximate surface area is 126 Å². The van der Waals surface area contributed by atoms with Gasteiger partial charge in [-0.2, -0.15) is 0 Å². The molecule has 7 heteroatoms. The van der Waals surface area contributed by atoms with Gasteiger partial charge in [-0.05, 0) is 25.0 Å². The summed E-state index contributed by atoms with van der Waals surface area (Å²) < 4.78 is 4.87. The van der Waals surface area contributed by atoms with Gasteiger partial charge in [0.15, 0.2) is 5.96 Å². The molecule has 0 radical (unpaired) electrons. The van der Waals surface area contributed by atoms with Gasteiger partial charge in [-0.1, -0.05) is 23.2 Å². The Hall–Kier alpha value is -1.46. The maximum atomic E-state index is 12.0. The van der Waals surface area contributed by atoms with Gasteiger partial charge in [0, 0.05) is 5.56 Å². The number of methoxy groups -OCH3 is 1. The molecule has 0 atom stereocenters. The molecule has 3 rings (SSSR count). The number of esters is 1. The van der Waals surface area contributed by atoms with Gasteiger partial charge in [0.2, 0.25) is 0 Å². The zero-order valence-electron chi connectivity index (χ0n) is 10.8. The monoisotopic (exact) mass is 313 g/mol. The van der Waals surface area contributed by atoms with Crippen LogP contribution < -0.4 is 5.73 Å². The highest BCUT2D eigenvalue weighted by Gasteiger charge is 2.57. The second-order valence-corrected chi connectivity index (χ2v) is 5.72. The summed E-state index contributed by atoms with van der Waals surface area (Å²) in [5.74, 6) is 0.0102. The Morgan fingerprint density at radius 2 is 2.15 bits per heavy atom. The van der Waals surface area contributed by atoms with Crippen molar-refractivity contribution < 1.29 is 9.53 Å². The number of hydrogen-bond acceptors (Lipinski definition) is 5. The van der Waals surface area contributed by atoms with Crippen LogP contribution in [-0.2, 0) is 16.1 Å². The van der Waals surface area contributed by atoms with Gasteiger partial charge in [0.25, 0.3) is 0 Å². The Balaban J connectivity index is 2.02. The summed E-state index contributed by atoms with van der Waals surface area (Å²) >= 11 is 12.3. The van der Waals surface area contributed by atoms with Crippen LogP contribution in [0.2, 0.25) is 10.0 Å². The molecule has 1 heterocycles. The number of hydrogen-bond donors (Lipinski definition) is 1. The van der Waals surface area contributed by atoms with Crippen LogP contribution in [-0.4, -0.2) is 29.5 Å². The lowest BCUT2D eigenvalue weighted by atomic mass is 10.1. The summed E-state index contributed by atoms with van der Waals surface area (Å²) in [6.07, 6.45) is 1.40. The van der Waals surface area contributed by atoms with Crippen LogP contribution in [0.1, 0.15) is 18.4 Å². The number of carbonyl (C=O) groups is 1. The van der Waals surface area contributed by atoms with Gasteiger partial charge < -0.3 is 15.4 Å². The molecule has 106 valence electrons. The first-order valence-electron chi connectivity index (χ1n) is 6.17. The van der Waals surface area contributed by atoms with Gasteiger partial charge in [-0.3, -0.25) is 0 Å². The number of benzene rings is 1. The number of ether oxygens (including phenoxy) is 1. The lowest BCUT2D eigenvalue weighted by Gasteiger charge is -2.34. The first-order valence-corrected chi connectivity index (χ1v) is 6.92. The zero-order chi connectivity index (χ0) is 14.5. The number of halogens is 2. The number of aliphatic imine (C=N–C) groups is 1. The van der Waals surface area contributed by atoms with E-state index in [4.69, 9.17) is 33.7 Å². The summed E-state index contributed by atoms with van der Waals surface area (Å²) in [6, 6.07) is 3.45. The number of nitrogens with two attached hydrogens (primary N) is 1. The fraction of sp³-hybridized carbons (Fsp3) is 0.385. The molecule has 0 bridgehead atoms. The van der Waals surface area contributed by atoms with Crippen LogP contribution in [0.3, 0.4) is 0 Å². The van der Waals surface area contributed by atoms with Gasteiger partial charge in [0.1, 0.15) is 5.54 Å². The fourth-order valence-corrected chi connectivity index (χ4v) is 2.92. The van der Waals surface area contributed by atoms with E-state index in [1.165, 1.54) is 7.11 Å². The summed E-state index contributed by atoms with van der Waals surface area (Å²) in [5, 5.41) is 0.912. The maximum absolute atomic E-state index is 12.0. The molecule has 1 saturated carbocycles. The number of carbonyl (C=O) groups excluding carboxylic acids is 1. The molecule has 0 aromatic heterocycles. The van der Waals surface area contributed by atoms with Crippen molar-refractivity contribution >= 4 is 40.8 Å². The van der Waals surface area contributed by atoms with Crippen LogP contribution >= 0.6 is 23.2 Å². The van der Waals surface area contributed by atoms with E-state index >= 15 is 0 Å². The number of guanidine groups is 1. The van der Waals surface area contributed by atoms with E-state index in [0.717, 1.165) is 5.56 Å². The third kappa shape index (κ3) is 1.84. The van der Waals surface area contributed by atoms with Crippen molar-refractivity contribution in [1.29, 1.82) is 0 Å². The minimum atomic E-state index is -0.703. The molecule has 0 amide bonds. The van der Waals surface area contributed by atoms with Crippen LogP contribution in [0.15, 0.2) is 17.1 Å². The first kappa shape index (κ1) is 13.5. The molecule has 0 saturated heterocycles. The van der Waals surface area contributed by atoms with Crippen molar-refractivity contribution in [2.45, 2.75) is 24.9 Å². The first-order chi connectivity index (χ1) is 9.49. The maximum Gasteiger partial charge on any atom is 0.331 e. The Morgan fingerprint density at radius 1 is 1.45 bits per heavy atom. The van der Waals surface area contributed by atoms with Crippen molar-refractivity contribution in [3.63, 3.8) is 0 Å². The van der Waals surface area contributed by atoms with Crippen molar-refractivity contribution in [3.8, 4) is 0 Å². The van der Waals surface area contributed by atoms with E-state index in [1.54, 1.807) is 17.0 Å². The Morgan fingerprint density at radius 3 is 2.75 bits per heavy atom. The number of rotatable bonds is 2. The Kier molecular flexibility index (Phi) is 3.06. The minimum absolute atomic E-state index is 0.294. The van der Waals surface area contributed by atoms with Gasteiger partial charge >= 0.3 is 5.97 Å². The molecule has 0 unspecified atom stereocenters. The average molecular weight is 314 g/mol. The molecule has 2 N–H and O–H groups in total. The highest BCUT2D eigenvalue weighted by Crippen LogP contribution is 2.47. The molecule has 1 aliphatic carbocycles. The standard InChI is InChI=1S/C13H13Cl2N3O2/c1-20-11(19)13(4-5-13)18-6-7-9(17-12(18)16)3-2-8(14)10(7)15/h2-3H,4-6H2,1H3,(H2,16,17).